The SMILES string of the molecule is C[C@@H]1CN(c2ccc3c(c2)C(=O)N(C2CCC(=O)NC2O)C3=O)CCN1CC1CCN(c2ccc(C(=O)N[C@H]3C(C)(C)[C@@H]4Oc5ccc(C#N)c6nccc(c56)C34C)cc2)CC1. The Morgan fingerprint density at radius 2 is 1.68 bits per heavy atom. The second-order valence-electron chi connectivity index (χ2n) is 18.9. The zero-order chi connectivity index (χ0) is 43.2. The molecule has 3 N–H and O–H groups in total. The van der Waals surface area contributed by atoms with E-state index in [0.717, 1.165) is 85.1 Å². The zero-order valence-electron chi connectivity index (χ0n) is 35.6. The van der Waals surface area contributed by atoms with Gasteiger partial charge >= 0.3 is 0 Å². The van der Waals surface area contributed by atoms with Crippen LogP contribution in [0.3, 0.4) is 0 Å². The highest BCUT2D eigenvalue weighted by atomic mass is 16.5. The molecular formula is C48H52N8O6. The van der Waals surface area contributed by atoms with E-state index in [1.54, 1.807) is 18.3 Å². The zero-order valence-corrected chi connectivity index (χ0v) is 35.6. The Hall–Kier alpha value is -6.04. The number of nitrogens with one attached hydrogen (secondary N) is 2. The number of nitriles is 1. The minimum atomic E-state index is -1.28. The second kappa shape index (κ2) is 14.8. The maximum absolute atomic E-state index is 13.9. The number of aromatic nitrogens is 1. The molecule has 0 radical (unpaired) electrons. The fourth-order valence-corrected chi connectivity index (χ4v) is 11.7. The summed E-state index contributed by atoms with van der Waals surface area (Å²) in [5.41, 5.74) is 4.63. The number of fused-ring (bicyclic) bond motifs is 3. The maximum Gasteiger partial charge on any atom is 0.262 e. The summed E-state index contributed by atoms with van der Waals surface area (Å²) in [6.45, 7) is 14.1. The fraction of sp³-hybridized carbons (Fsp3) is 0.458. The Kier molecular flexibility index (Phi) is 9.57. The van der Waals surface area contributed by atoms with Crippen molar-refractivity contribution >= 4 is 45.9 Å². The molecule has 4 fully saturated rings. The number of hydrogen-bond donors (Lipinski definition) is 3. The molecule has 14 heteroatoms. The van der Waals surface area contributed by atoms with Crippen molar-refractivity contribution in [1.29, 1.82) is 5.26 Å². The van der Waals surface area contributed by atoms with Crippen LogP contribution in [0.15, 0.2) is 66.9 Å². The molecule has 4 amide bonds. The lowest BCUT2D eigenvalue weighted by molar-refractivity contribution is -0.131. The number of anilines is 2. The van der Waals surface area contributed by atoms with Gasteiger partial charge in [0.05, 0.1) is 39.7 Å². The molecule has 0 spiro atoms. The first kappa shape index (κ1) is 40.1. The Morgan fingerprint density at radius 3 is 2.40 bits per heavy atom. The van der Waals surface area contributed by atoms with Gasteiger partial charge in [0.1, 0.15) is 24.2 Å². The van der Waals surface area contributed by atoms with Crippen LogP contribution in [0.25, 0.3) is 10.9 Å². The summed E-state index contributed by atoms with van der Waals surface area (Å²) in [5, 5.41) is 26.9. The molecule has 1 aliphatic carbocycles. The van der Waals surface area contributed by atoms with Gasteiger partial charge in [-0.15, -0.1) is 0 Å². The minimum Gasteiger partial charge on any atom is -0.488 e. The summed E-state index contributed by atoms with van der Waals surface area (Å²) < 4.78 is 6.59. The summed E-state index contributed by atoms with van der Waals surface area (Å²) >= 11 is 0. The smallest absolute Gasteiger partial charge is 0.262 e. The third-order valence-corrected chi connectivity index (χ3v) is 14.9. The number of benzene rings is 3. The molecule has 3 saturated heterocycles. The monoisotopic (exact) mass is 836 g/mol. The summed E-state index contributed by atoms with van der Waals surface area (Å²) in [4.78, 5) is 65.2. The molecule has 0 bridgehead atoms. The van der Waals surface area contributed by atoms with Gasteiger partial charge in [-0.3, -0.25) is 34.0 Å². The first-order chi connectivity index (χ1) is 29.8. The molecule has 4 aromatic rings. The second-order valence-corrected chi connectivity index (χ2v) is 18.9. The molecule has 1 aromatic heterocycles. The van der Waals surface area contributed by atoms with Crippen molar-refractivity contribution in [3.8, 4) is 11.8 Å². The molecule has 6 heterocycles. The van der Waals surface area contributed by atoms with E-state index >= 15 is 0 Å². The molecule has 320 valence electrons. The van der Waals surface area contributed by atoms with Gasteiger partial charge < -0.3 is 30.3 Å². The first-order valence-electron chi connectivity index (χ1n) is 21.9. The number of aliphatic hydroxyl groups excluding tert-OH is 1. The standard InChI is InChI=1S/C48H52N8O6/c1-27-25-55(32-10-11-33-34(23-32)44(61)56(43(33)60)36-12-14-38(57)51-42(36)59)22-21-54(27)26-28-16-19-53(20-17-28)31-8-5-29(6-9-31)41(58)52-45-47(2,3)46-48(45,4)35-15-18-50-40-30(24-49)7-13-37(62-46)39(35)40/h5-11,13,15,18,23,27-28,36,42,45-46,59H,12,14,16-17,19-22,25-26H2,1-4H3,(H,51,57)(H,52,58)/t27-,36?,42?,45+,46+,48?/m1/s1. The van der Waals surface area contributed by atoms with Crippen molar-refractivity contribution in [2.24, 2.45) is 11.3 Å². The summed E-state index contributed by atoms with van der Waals surface area (Å²) in [5.74, 6) is 0.0253. The van der Waals surface area contributed by atoms with E-state index in [0.29, 0.717) is 39.7 Å². The van der Waals surface area contributed by atoms with Gasteiger partial charge in [0.2, 0.25) is 5.91 Å². The van der Waals surface area contributed by atoms with Crippen LogP contribution in [0, 0.1) is 22.7 Å². The highest BCUT2D eigenvalue weighted by Gasteiger charge is 2.69. The number of rotatable bonds is 7. The molecule has 62 heavy (non-hydrogen) atoms. The Bertz CT molecular complexity index is 2560. The number of carbonyl (C=O) groups excluding carboxylic acids is 4. The van der Waals surface area contributed by atoms with Gasteiger partial charge in [-0.25, -0.2) is 0 Å². The lowest BCUT2D eigenvalue weighted by Crippen LogP contribution is -2.78. The van der Waals surface area contributed by atoms with Crippen molar-refractivity contribution in [2.75, 3.05) is 49.1 Å². The van der Waals surface area contributed by atoms with E-state index < -0.39 is 29.5 Å². The number of hydrogen-bond acceptors (Lipinski definition) is 11. The fourth-order valence-electron chi connectivity index (χ4n) is 11.7. The van der Waals surface area contributed by atoms with Gasteiger partial charge in [0.25, 0.3) is 17.7 Å². The molecule has 3 unspecified atom stereocenters. The van der Waals surface area contributed by atoms with Crippen LogP contribution in [0.2, 0.25) is 0 Å². The van der Waals surface area contributed by atoms with Crippen molar-refractivity contribution in [2.45, 2.75) is 89.3 Å². The molecule has 10 rings (SSSR count). The lowest BCUT2D eigenvalue weighted by atomic mass is 9.45. The van der Waals surface area contributed by atoms with Crippen molar-refractivity contribution < 1.29 is 29.0 Å². The number of piperidine rings is 2. The third-order valence-electron chi connectivity index (χ3n) is 14.9. The van der Waals surface area contributed by atoms with Gasteiger partial charge in [-0.1, -0.05) is 13.8 Å². The van der Waals surface area contributed by atoms with Gasteiger partial charge in [0, 0.05) is 85.7 Å². The number of aliphatic hydroxyl groups is 1. The highest BCUT2D eigenvalue weighted by molar-refractivity contribution is 6.22. The van der Waals surface area contributed by atoms with Crippen molar-refractivity contribution in [3.63, 3.8) is 0 Å². The van der Waals surface area contributed by atoms with Crippen LogP contribution in [0.5, 0.6) is 5.75 Å². The molecule has 1 saturated carbocycles. The predicted molar refractivity (Wildman–Crippen MR) is 232 cm³/mol. The van der Waals surface area contributed by atoms with Gasteiger partial charge in [-0.2, -0.15) is 5.26 Å². The Morgan fingerprint density at radius 1 is 0.935 bits per heavy atom. The average molecular weight is 837 g/mol. The van der Waals surface area contributed by atoms with Crippen LogP contribution in [0.1, 0.15) is 95.6 Å². The summed E-state index contributed by atoms with van der Waals surface area (Å²) in [6.07, 6.45) is 2.84. The van der Waals surface area contributed by atoms with E-state index in [-0.39, 0.29) is 42.2 Å². The van der Waals surface area contributed by atoms with Crippen LogP contribution >= 0.6 is 0 Å². The number of carbonyl (C=O) groups is 4. The minimum absolute atomic E-state index is 0.122. The van der Waals surface area contributed by atoms with E-state index in [1.807, 2.05) is 36.4 Å². The van der Waals surface area contributed by atoms with Crippen LogP contribution < -0.4 is 25.2 Å². The molecule has 14 nitrogen and oxygen atoms in total. The molecule has 6 aliphatic rings. The predicted octanol–water partition coefficient (Wildman–Crippen LogP) is 4.58. The van der Waals surface area contributed by atoms with Crippen LogP contribution in [-0.4, -0.2) is 113 Å². The first-order valence-corrected chi connectivity index (χ1v) is 21.9. The summed E-state index contributed by atoms with van der Waals surface area (Å²) in [6, 6.07) is 20.6. The molecular weight excluding hydrogens is 785 g/mol. The maximum atomic E-state index is 13.9. The average Bonchev–Trinajstić information content (AvgIpc) is 3.52. The van der Waals surface area contributed by atoms with E-state index in [4.69, 9.17) is 4.74 Å². The quantitative estimate of drug-likeness (QED) is 0.223. The van der Waals surface area contributed by atoms with E-state index in [1.165, 1.54) is 0 Å². The number of imide groups is 1. The lowest BCUT2D eigenvalue weighted by Gasteiger charge is -2.66. The number of ether oxygens (including phenoxy) is 1. The topological polar surface area (TPSA) is 171 Å². The third kappa shape index (κ3) is 6.22. The van der Waals surface area contributed by atoms with Crippen LogP contribution in [-0.2, 0) is 10.2 Å². The number of amides is 4. The molecule has 5 aliphatic heterocycles. The van der Waals surface area contributed by atoms with E-state index in [2.05, 4.69) is 76.2 Å². The normalized spacial score (nSPS) is 28.1. The largest absolute Gasteiger partial charge is 0.488 e. The Labute approximate surface area is 360 Å². The number of nitrogens with zero attached hydrogens (tertiary/aromatic N) is 6. The molecule has 6 atom stereocenters. The summed E-state index contributed by atoms with van der Waals surface area (Å²) in [7, 11) is 0. The van der Waals surface area contributed by atoms with Crippen LogP contribution in [0.4, 0.5) is 11.4 Å². The highest BCUT2D eigenvalue weighted by Crippen LogP contribution is 2.61. The number of pyridine rings is 1. The molecule has 3 aromatic carbocycles. The van der Waals surface area contributed by atoms with Crippen molar-refractivity contribution in [1.82, 2.24) is 25.4 Å². The van der Waals surface area contributed by atoms with Gasteiger partial charge in [0.15, 0.2) is 0 Å². The van der Waals surface area contributed by atoms with Crippen molar-refractivity contribution in [3.05, 3.63) is 94.7 Å². The number of piperazine rings is 1. The van der Waals surface area contributed by atoms with Gasteiger partial charge in [-0.05, 0) is 105 Å². The van der Waals surface area contributed by atoms with E-state index in [9.17, 15) is 29.5 Å². The Balaban J connectivity index is 0.729.